The molecule has 6 heteroatoms. The fourth-order valence-electron chi connectivity index (χ4n) is 5.15. The molecule has 0 aliphatic carbocycles. The number of aromatic amines is 1. The molecule has 1 saturated heterocycles. The van der Waals surface area contributed by atoms with Crippen molar-refractivity contribution < 1.29 is 9.84 Å². The van der Waals surface area contributed by atoms with Crippen LogP contribution in [-0.2, 0) is 13.0 Å². The van der Waals surface area contributed by atoms with Crippen LogP contribution in [0.25, 0.3) is 10.9 Å². The molecule has 3 aromatic rings. The van der Waals surface area contributed by atoms with Crippen molar-refractivity contribution in [1.82, 2.24) is 20.4 Å². The normalized spacial score (nSPS) is 18.8. The van der Waals surface area contributed by atoms with Crippen LogP contribution in [0.1, 0.15) is 68.0 Å². The number of piperidine rings is 1. The van der Waals surface area contributed by atoms with Gasteiger partial charge in [0.2, 0.25) is 0 Å². The second kappa shape index (κ2) is 9.74. The van der Waals surface area contributed by atoms with E-state index in [0.29, 0.717) is 5.92 Å². The highest BCUT2D eigenvalue weighted by Crippen LogP contribution is 2.39. The molecule has 1 unspecified atom stereocenters. The number of nitrogens with zero attached hydrogens (tertiary/aromatic N) is 2. The number of fused-ring (bicyclic) bond motifs is 2. The molecule has 0 spiro atoms. The van der Waals surface area contributed by atoms with Gasteiger partial charge in [-0.05, 0) is 74.0 Å². The van der Waals surface area contributed by atoms with Crippen LogP contribution < -0.4 is 10.1 Å². The fraction of sp³-hybridized carbons (Fsp3) is 0.519. The second-order valence-electron chi connectivity index (χ2n) is 9.99. The van der Waals surface area contributed by atoms with Gasteiger partial charge in [0.25, 0.3) is 0 Å². The van der Waals surface area contributed by atoms with Crippen molar-refractivity contribution in [3.8, 4) is 11.5 Å². The first-order valence-electron chi connectivity index (χ1n) is 12.5. The predicted octanol–water partition coefficient (Wildman–Crippen LogP) is 4.91. The monoisotopic (exact) mass is 448 g/mol. The summed E-state index contributed by atoms with van der Waals surface area (Å²) in [6, 6.07) is 10.2. The Hall–Kier alpha value is -2.57. The lowest BCUT2D eigenvalue weighted by molar-refractivity contribution is 0.183. The highest BCUT2D eigenvalue weighted by molar-refractivity contribution is 5.84. The number of phenolic OH excluding ortho intramolecular Hbond substituents is 1. The van der Waals surface area contributed by atoms with Crippen LogP contribution in [0, 0.1) is 5.92 Å². The first-order chi connectivity index (χ1) is 16.1. The molecule has 6 nitrogen and oxygen atoms in total. The average Bonchev–Trinajstić information content (AvgIpc) is 3.41. The minimum absolute atomic E-state index is 0.0281. The molecular weight excluding hydrogens is 412 g/mol. The van der Waals surface area contributed by atoms with Gasteiger partial charge in [-0.1, -0.05) is 26.3 Å². The number of hydrogen-bond acceptors (Lipinski definition) is 5. The van der Waals surface area contributed by atoms with E-state index in [9.17, 15) is 5.11 Å². The van der Waals surface area contributed by atoms with Gasteiger partial charge in [0.15, 0.2) is 0 Å². The Bertz CT molecular complexity index is 1100. The van der Waals surface area contributed by atoms with E-state index in [1.807, 2.05) is 0 Å². The second-order valence-corrected chi connectivity index (χ2v) is 9.99. The number of ether oxygens (including phenoxy) is 1. The predicted molar refractivity (Wildman–Crippen MR) is 132 cm³/mol. The Kier molecular flexibility index (Phi) is 6.56. The Labute approximate surface area is 196 Å². The first-order valence-corrected chi connectivity index (χ1v) is 12.5. The summed E-state index contributed by atoms with van der Waals surface area (Å²) in [5.41, 5.74) is 5.33. The van der Waals surface area contributed by atoms with Crippen molar-refractivity contribution in [3.63, 3.8) is 0 Å². The quantitative estimate of drug-likeness (QED) is 0.456. The average molecular weight is 449 g/mol. The zero-order valence-corrected chi connectivity index (χ0v) is 19.9. The molecule has 5 rings (SSSR count). The van der Waals surface area contributed by atoms with Gasteiger partial charge in [-0.2, -0.15) is 5.10 Å². The molecule has 3 heterocycles. The highest BCUT2D eigenvalue weighted by Gasteiger charge is 2.27. The molecule has 33 heavy (non-hydrogen) atoms. The van der Waals surface area contributed by atoms with Gasteiger partial charge in [-0.15, -0.1) is 0 Å². The lowest BCUT2D eigenvalue weighted by Crippen LogP contribution is -2.33. The van der Waals surface area contributed by atoms with Crippen LogP contribution in [0.4, 0.5) is 0 Å². The summed E-state index contributed by atoms with van der Waals surface area (Å²) < 4.78 is 6.08. The lowest BCUT2D eigenvalue weighted by Gasteiger charge is -2.26. The van der Waals surface area contributed by atoms with Crippen LogP contribution in [-0.4, -0.2) is 46.4 Å². The van der Waals surface area contributed by atoms with Gasteiger partial charge in [-0.3, -0.25) is 10.00 Å². The fourth-order valence-corrected chi connectivity index (χ4v) is 5.15. The third-order valence-electron chi connectivity index (χ3n) is 7.11. The molecule has 176 valence electrons. The molecular formula is C27H36N4O2. The van der Waals surface area contributed by atoms with Crippen molar-refractivity contribution in [2.24, 2.45) is 5.92 Å². The van der Waals surface area contributed by atoms with E-state index in [-0.39, 0.29) is 11.8 Å². The maximum absolute atomic E-state index is 10.8. The number of hydrogen-bond donors (Lipinski definition) is 3. The van der Waals surface area contributed by atoms with Crippen LogP contribution in [0.3, 0.4) is 0 Å². The standard InChI is InChI=1S/C27H36N4O2/c1-18(2)6-9-24-22-15-23(26(32)16-25(22)30-29-24)27-21-8-7-20(14-19(21)17-28-27)33-13-12-31-10-4-3-5-11-31/h7-8,14-16,18,27-28,32H,3-6,9-13,17H2,1-2H3,(H,29,30). The molecule has 2 aliphatic rings. The number of H-pyrrole nitrogens is 1. The van der Waals surface area contributed by atoms with Crippen molar-refractivity contribution in [2.75, 3.05) is 26.2 Å². The van der Waals surface area contributed by atoms with Gasteiger partial charge < -0.3 is 15.2 Å². The highest BCUT2D eigenvalue weighted by atomic mass is 16.5. The Morgan fingerprint density at radius 2 is 1.97 bits per heavy atom. The van der Waals surface area contributed by atoms with E-state index in [1.165, 1.54) is 43.5 Å². The summed E-state index contributed by atoms with van der Waals surface area (Å²) in [5.74, 6) is 1.86. The molecule has 0 bridgehead atoms. The lowest BCUT2D eigenvalue weighted by atomic mass is 9.95. The summed E-state index contributed by atoms with van der Waals surface area (Å²) >= 11 is 0. The maximum atomic E-state index is 10.8. The molecule has 1 atom stereocenters. The Morgan fingerprint density at radius 1 is 1.12 bits per heavy atom. The molecule has 0 amide bonds. The topological polar surface area (TPSA) is 73.4 Å². The molecule has 1 aromatic heterocycles. The number of aryl methyl sites for hydroxylation is 1. The SMILES string of the molecule is CC(C)CCc1[nH]nc2cc(O)c(C3NCc4cc(OCCN5CCCCC5)ccc43)cc12. The minimum atomic E-state index is -0.0281. The van der Waals surface area contributed by atoms with E-state index in [1.54, 1.807) is 6.07 Å². The van der Waals surface area contributed by atoms with Crippen LogP contribution in [0.2, 0.25) is 0 Å². The summed E-state index contributed by atoms with van der Waals surface area (Å²) in [6.07, 6.45) is 6.05. The van der Waals surface area contributed by atoms with Crippen LogP contribution in [0.5, 0.6) is 11.5 Å². The van der Waals surface area contributed by atoms with E-state index in [2.05, 4.69) is 58.5 Å². The largest absolute Gasteiger partial charge is 0.508 e. The zero-order chi connectivity index (χ0) is 22.8. The van der Waals surface area contributed by atoms with Crippen molar-refractivity contribution in [1.29, 1.82) is 0 Å². The number of aromatic hydroxyl groups is 1. The van der Waals surface area contributed by atoms with Crippen LogP contribution >= 0.6 is 0 Å². The number of benzene rings is 2. The molecule has 2 aliphatic heterocycles. The Morgan fingerprint density at radius 3 is 2.79 bits per heavy atom. The molecule has 2 aromatic carbocycles. The number of nitrogens with one attached hydrogen (secondary N) is 2. The smallest absolute Gasteiger partial charge is 0.122 e. The number of phenols is 1. The van der Waals surface area contributed by atoms with Gasteiger partial charge in [0.05, 0.1) is 11.6 Å². The van der Waals surface area contributed by atoms with Crippen molar-refractivity contribution in [3.05, 3.63) is 52.7 Å². The molecule has 3 N–H and O–H groups in total. The number of rotatable bonds is 8. The zero-order valence-electron chi connectivity index (χ0n) is 19.9. The molecule has 1 fully saturated rings. The Balaban J connectivity index is 1.31. The van der Waals surface area contributed by atoms with Gasteiger partial charge in [0.1, 0.15) is 18.1 Å². The van der Waals surface area contributed by atoms with E-state index < -0.39 is 0 Å². The van der Waals surface area contributed by atoms with Crippen molar-refractivity contribution >= 4 is 10.9 Å². The van der Waals surface area contributed by atoms with Gasteiger partial charge >= 0.3 is 0 Å². The summed E-state index contributed by atoms with van der Waals surface area (Å²) in [4.78, 5) is 2.50. The maximum Gasteiger partial charge on any atom is 0.122 e. The van der Waals surface area contributed by atoms with Gasteiger partial charge in [-0.25, -0.2) is 0 Å². The number of likely N-dealkylation sites (tertiary alicyclic amines) is 1. The first kappa shape index (κ1) is 22.2. The van der Waals surface area contributed by atoms with E-state index in [0.717, 1.165) is 60.4 Å². The summed E-state index contributed by atoms with van der Waals surface area (Å²) in [6.45, 7) is 9.36. The minimum Gasteiger partial charge on any atom is -0.508 e. The molecule has 0 radical (unpaired) electrons. The third-order valence-corrected chi connectivity index (χ3v) is 7.11. The van der Waals surface area contributed by atoms with Crippen LogP contribution in [0.15, 0.2) is 30.3 Å². The van der Waals surface area contributed by atoms with E-state index in [4.69, 9.17) is 4.74 Å². The summed E-state index contributed by atoms with van der Waals surface area (Å²) in [7, 11) is 0. The summed E-state index contributed by atoms with van der Waals surface area (Å²) in [5, 5.41) is 23.1. The molecule has 0 saturated carbocycles. The van der Waals surface area contributed by atoms with Crippen molar-refractivity contribution in [2.45, 2.75) is 58.5 Å². The van der Waals surface area contributed by atoms with Gasteiger partial charge in [0, 0.05) is 35.8 Å². The number of aromatic nitrogens is 2. The third kappa shape index (κ3) is 4.87. The van der Waals surface area contributed by atoms with E-state index >= 15 is 0 Å².